The number of nitrogens with zero attached hydrogens (tertiary/aromatic N) is 3. The number of aliphatic imine (C=N–C) groups is 1. The third-order valence-corrected chi connectivity index (χ3v) is 7.81. The van der Waals surface area contributed by atoms with Crippen molar-refractivity contribution in [1.29, 1.82) is 0 Å². The standard InChI is InChI=1S/C29H38FN3O3/c1-29(36-28(34)35-4)26(33(20-31-29)19-22-8-6-5-7-9-22)18-21-10-12-23(13-11-21)27(32(2)3)24-14-16-25(30)17-15-24/h5-9,14-17,20-21,23,26-27H,10-13,18-19H2,1-4H3. The first-order valence-corrected chi connectivity index (χ1v) is 12.8. The fourth-order valence-corrected chi connectivity index (χ4v) is 5.97. The Morgan fingerprint density at radius 1 is 1.11 bits per heavy atom. The maximum Gasteiger partial charge on any atom is 0.510 e. The van der Waals surface area contributed by atoms with Gasteiger partial charge < -0.3 is 19.3 Å². The van der Waals surface area contributed by atoms with Crippen molar-refractivity contribution in [2.75, 3.05) is 21.2 Å². The van der Waals surface area contributed by atoms with Gasteiger partial charge in [0.2, 0.25) is 5.72 Å². The summed E-state index contributed by atoms with van der Waals surface area (Å²) >= 11 is 0. The number of hydrogen-bond donors (Lipinski definition) is 0. The van der Waals surface area contributed by atoms with Crippen LogP contribution in [0.15, 0.2) is 59.6 Å². The van der Waals surface area contributed by atoms with Crippen LogP contribution < -0.4 is 0 Å². The van der Waals surface area contributed by atoms with E-state index >= 15 is 0 Å². The summed E-state index contributed by atoms with van der Waals surface area (Å²) in [5.74, 6) is 0.818. The van der Waals surface area contributed by atoms with Gasteiger partial charge in [-0.25, -0.2) is 14.2 Å². The van der Waals surface area contributed by atoms with E-state index in [9.17, 15) is 9.18 Å². The van der Waals surface area contributed by atoms with Crippen LogP contribution in [0.3, 0.4) is 0 Å². The van der Waals surface area contributed by atoms with E-state index in [2.05, 4.69) is 41.0 Å². The highest BCUT2D eigenvalue weighted by molar-refractivity contribution is 5.64. The maximum atomic E-state index is 13.5. The molecule has 0 N–H and O–H groups in total. The molecule has 0 radical (unpaired) electrons. The second-order valence-electron chi connectivity index (χ2n) is 10.5. The van der Waals surface area contributed by atoms with Crippen LogP contribution >= 0.6 is 0 Å². The van der Waals surface area contributed by atoms with E-state index in [1.165, 1.54) is 18.2 Å². The van der Waals surface area contributed by atoms with Crippen molar-refractivity contribution in [1.82, 2.24) is 9.80 Å². The molecule has 1 fully saturated rings. The Bertz CT molecular complexity index is 1020. The van der Waals surface area contributed by atoms with Crippen molar-refractivity contribution < 1.29 is 18.7 Å². The summed E-state index contributed by atoms with van der Waals surface area (Å²) in [6, 6.07) is 17.4. The van der Waals surface area contributed by atoms with Crippen molar-refractivity contribution in [3.63, 3.8) is 0 Å². The van der Waals surface area contributed by atoms with E-state index < -0.39 is 11.9 Å². The van der Waals surface area contributed by atoms with Crippen molar-refractivity contribution >= 4 is 12.5 Å². The van der Waals surface area contributed by atoms with Crippen LogP contribution in [0, 0.1) is 17.7 Å². The van der Waals surface area contributed by atoms with Gasteiger partial charge in [0.05, 0.1) is 19.5 Å². The molecular weight excluding hydrogens is 457 g/mol. The second-order valence-corrected chi connectivity index (χ2v) is 10.5. The molecule has 6 nitrogen and oxygen atoms in total. The van der Waals surface area contributed by atoms with E-state index in [0.29, 0.717) is 18.4 Å². The topological polar surface area (TPSA) is 54.4 Å². The van der Waals surface area contributed by atoms with Crippen LogP contribution in [-0.2, 0) is 16.0 Å². The average molecular weight is 496 g/mol. The molecular formula is C29H38FN3O3. The fourth-order valence-electron chi connectivity index (χ4n) is 5.97. The molecule has 7 heteroatoms. The Kier molecular flexibility index (Phi) is 8.29. The van der Waals surface area contributed by atoms with Gasteiger partial charge in [-0.3, -0.25) is 0 Å². The van der Waals surface area contributed by atoms with E-state index in [4.69, 9.17) is 9.47 Å². The molecule has 0 amide bonds. The van der Waals surface area contributed by atoms with Crippen molar-refractivity contribution in [3.05, 3.63) is 71.5 Å². The van der Waals surface area contributed by atoms with E-state index in [-0.39, 0.29) is 17.9 Å². The minimum atomic E-state index is -0.987. The summed E-state index contributed by atoms with van der Waals surface area (Å²) in [6.45, 7) is 2.58. The van der Waals surface area contributed by atoms with Crippen LogP contribution in [-0.4, -0.2) is 55.3 Å². The molecule has 0 bridgehead atoms. The van der Waals surface area contributed by atoms with Gasteiger partial charge in [-0.2, -0.15) is 0 Å². The van der Waals surface area contributed by atoms with Crippen molar-refractivity contribution in [3.8, 4) is 0 Å². The number of hydrogen-bond acceptors (Lipinski definition) is 6. The molecule has 2 aromatic rings. The summed E-state index contributed by atoms with van der Waals surface area (Å²) in [5, 5.41) is 0. The highest BCUT2D eigenvalue weighted by Gasteiger charge is 2.46. The zero-order chi connectivity index (χ0) is 25.7. The minimum absolute atomic E-state index is 0.0694. The third kappa shape index (κ3) is 6.06. The monoisotopic (exact) mass is 495 g/mol. The first kappa shape index (κ1) is 26.1. The number of ether oxygens (including phenoxy) is 2. The molecule has 194 valence electrons. The van der Waals surface area contributed by atoms with Crippen molar-refractivity contribution in [2.24, 2.45) is 16.8 Å². The van der Waals surface area contributed by atoms with Gasteiger partial charge in [0.15, 0.2) is 0 Å². The summed E-state index contributed by atoms with van der Waals surface area (Å²) in [4.78, 5) is 21.1. The average Bonchev–Trinajstić information content (AvgIpc) is 3.16. The Balaban J connectivity index is 1.44. The van der Waals surface area contributed by atoms with Gasteiger partial charge in [0.25, 0.3) is 0 Å². The molecule has 1 saturated carbocycles. The first-order valence-electron chi connectivity index (χ1n) is 12.8. The van der Waals surface area contributed by atoms with Crippen LogP contribution in [0.2, 0.25) is 0 Å². The fraction of sp³-hybridized carbons (Fsp3) is 0.517. The highest BCUT2D eigenvalue weighted by Crippen LogP contribution is 2.43. The van der Waals surface area contributed by atoms with Crippen LogP contribution in [0.4, 0.5) is 9.18 Å². The molecule has 2 aromatic carbocycles. The number of carbonyl (C=O) groups is 1. The van der Waals surface area contributed by atoms with Crippen LogP contribution in [0.5, 0.6) is 0 Å². The largest absolute Gasteiger partial charge is 0.510 e. The molecule has 0 spiro atoms. The lowest BCUT2D eigenvalue weighted by Gasteiger charge is -2.40. The number of benzene rings is 2. The Morgan fingerprint density at radius 2 is 1.78 bits per heavy atom. The quantitative estimate of drug-likeness (QED) is 0.418. The van der Waals surface area contributed by atoms with Crippen LogP contribution in [0.25, 0.3) is 0 Å². The summed E-state index contributed by atoms with van der Waals surface area (Å²) < 4.78 is 24.0. The van der Waals surface area contributed by atoms with E-state index in [0.717, 1.165) is 32.1 Å². The molecule has 4 rings (SSSR count). The van der Waals surface area contributed by atoms with Gasteiger partial charge >= 0.3 is 6.16 Å². The molecule has 1 aliphatic carbocycles. The number of rotatable bonds is 8. The summed E-state index contributed by atoms with van der Waals surface area (Å²) in [5.41, 5.74) is 1.37. The minimum Gasteiger partial charge on any atom is -0.438 e. The number of carbonyl (C=O) groups excluding carboxylic acids is 1. The van der Waals surface area contributed by atoms with Gasteiger partial charge in [-0.1, -0.05) is 55.3 Å². The first-order chi connectivity index (χ1) is 17.3. The number of methoxy groups -OCH3 is 1. The Labute approximate surface area is 214 Å². The summed E-state index contributed by atoms with van der Waals surface area (Å²) in [6.07, 6.45) is 6.40. The Morgan fingerprint density at radius 3 is 2.39 bits per heavy atom. The van der Waals surface area contributed by atoms with Crippen molar-refractivity contribution in [2.45, 2.75) is 63.4 Å². The zero-order valence-electron chi connectivity index (χ0n) is 21.8. The van der Waals surface area contributed by atoms with Gasteiger partial charge in [0, 0.05) is 12.6 Å². The molecule has 3 unspecified atom stereocenters. The molecule has 1 heterocycles. The predicted octanol–water partition coefficient (Wildman–Crippen LogP) is 6.04. The molecule has 3 atom stereocenters. The lowest BCUT2D eigenvalue weighted by Crippen LogP contribution is -2.47. The summed E-state index contributed by atoms with van der Waals surface area (Å²) in [7, 11) is 5.53. The van der Waals surface area contributed by atoms with E-state index in [1.807, 2.05) is 43.6 Å². The lowest BCUT2D eigenvalue weighted by molar-refractivity contribution is -0.0472. The number of halogens is 1. The molecule has 0 saturated heterocycles. The Hall–Kier alpha value is -2.93. The predicted molar refractivity (Wildman–Crippen MR) is 139 cm³/mol. The maximum absolute atomic E-state index is 13.5. The second kappa shape index (κ2) is 11.4. The van der Waals surface area contributed by atoms with E-state index in [1.54, 1.807) is 12.1 Å². The molecule has 0 aromatic heterocycles. The normalized spacial score (nSPS) is 26.7. The van der Waals surface area contributed by atoms with Crippen LogP contribution in [0.1, 0.15) is 56.2 Å². The highest BCUT2D eigenvalue weighted by atomic mass is 19.1. The van der Waals surface area contributed by atoms with Gasteiger partial charge in [0.1, 0.15) is 5.82 Å². The smallest absolute Gasteiger partial charge is 0.438 e. The van der Waals surface area contributed by atoms with Gasteiger partial charge in [-0.05, 0) is 75.4 Å². The lowest BCUT2D eigenvalue weighted by atomic mass is 9.74. The molecule has 2 aliphatic rings. The SMILES string of the molecule is COC(=O)OC1(C)N=CN(Cc2ccccc2)C1CC1CCC(C(c2ccc(F)cc2)N(C)C)CC1. The molecule has 1 aliphatic heterocycles. The zero-order valence-corrected chi connectivity index (χ0v) is 21.8. The van der Waals surface area contributed by atoms with Gasteiger partial charge in [-0.15, -0.1) is 0 Å². The molecule has 36 heavy (non-hydrogen) atoms. The third-order valence-electron chi connectivity index (χ3n) is 7.81.